The maximum absolute atomic E-state index is 11.6. The van der Waals surface area contributed by atoms with Crippen LogP contribution < -0.4 is 5.32 Å². The van der Waals surface area contributed by atoms with Crippen molar-refractivity contribution in [2.75, 3.05) is 11.9 Å². The molecule has 0 radical (unpaired) electrons. The Morgan fingerprint density at radius 1 is 1.50 bits per heavy atom. The predicted molar refractivity (Wildman–Crippen MR) is 82.8 cm³/mol. The van der Waals surface area contributed by atoms with E-state index in [-0.39, 0.29) is 22.6 Å². The van der Waals surface area contributed by atoms with Gasteiger partial charge in [-0.2, -0.15) is 0 Å². The molecule has 1 rings (SSSR count). The highest BCUT2D eigenvalue weighted by Gasteiger charge is 2.28. The monoisotopic (exact) mass is 361 g/mol. The molecule has 20 heavy (non-hydrogen) atoms. The highest BCUT2D eigenvalue weighted by molar-refractivity contribution is 9.10. The molecule has 1 amide bonds. The molecular weight excluding hydrogens is 346 g/mol. The molecule has 0 saturated heterocycles. The molecule has 7 heteroatoms. The lowest BCUT2D eigenvalue weighted by Gasteiger charge is -2.17. The van der Waals surface area contributed by atoms with E-state index in [1.807, 2.05) is 20.8 Å². The third kappa shape index (κ3) is 3.83. The van der Waals surface area contributed by atoms with Gasteiger partial charge >= 0.3 is 12.1 Å². The fourth-order valence-electron chi connectivity index (χ4n) is 1.43. The predicted octanol–water partition coefficient (Wildman–Crippen LogP) is 4.24. The number of aromatic carboxylic acids is 1. The molecular formula is C13H16BrNO4S. The normalized spacial score (nSPS) is 11.0. The van der Waals surface area contributed by atoms with E-state index < -0.39 is 12.1 Å². The minimum absolute atomic E-state index is 0.0577. The van der Waals surface area contributed by atoms with Gasteiger partial charge in [-0.05, 0) is 21.3 Å². The SMILES string of the molecule is C=CCOC(=O)Nc1c(C(=O)O)sc(C(C)(C)C)c1Br. The molecule has 5 nitrogen and oxygen atoms in total. The summed E-state index contributed by atoms with van der Waals surface area (Å²) in [5.41, 5.74) is -0.0139. The van der Waals surface area contributed by atoms with Crippen LogP contribution in [0.4, 0.5) is 10.5 Å². The number of carboxylic acids is 1. The molecule has 2 N–H and O–H groups in total. The Labute approximate surface area is 129 Å². The number of hydrogen-bond acceptors (Lipinski definition) is 4. The summed E-state index contributed by atoms with van der Waals surface area (Å²) in [5, 5.41) is 11.7. The third-order valence-electron chi connectivity index (χ3n) is 2.28. The maximum atomic E-state index is 11.6. The van der Waals surface area contributed by atoms with E-state index in [1.54, 1.807) is 0 Å². The molecule has 0 bridgehead atoms. The van der Waals surface area contributed by atoms with Crippen molar-refractivity contribution in [2.24, 2.45) is 0 Å². The number of hydrogen-bond donors (Lipinski definition) is 2. The quantitative estimate of drug-likeness (QED) is 0.786. The zero-order chi connectivity index (χ0) is 15.5. The molecule has 1 aromatic rings. The van der Waals surface area contributed by atoms with Gasteiger partial charge in [-0.1, -0.05) is 33.4 Å². The summed E-state index contributed by atoms with van der Waals surface area (Å²) >= 11 is 4.49. The van der Waals surface area contributed by atoms with Gasteiger partial charge in [0.1, 0.15) is 11.5 Å². The van der Waals surface area contributed by atoms with Gasteiger partial charge in [0, 0.05) is 4.88 Å². The summed E-state index contributed by atoms with van der Waals surface area (Å²) in [5.74, 6) is -1.09. The highest BCUT2D eigenvalue weighted by Crippen LogP contribution is 2.44. The Morgan fingerprint density at radius 3 is 2.55 bits per heavy atom. The first-order valence-electron chi connectivity index (χ1n) is 5.79. The number of ether oxygens (including phenoxy) is 1. The van der Waals surface area contributed by atoms with Gasteiger partial charge in [-0.25, -0.2) is 9.59 Å². The van der Waals surface area contributed by atoms with E-state index in [0.717, 1.165) is 16.2 Å². The number of amides is 1. The summed E-state index contributed by atoms with van der Waals surface area (Å²) in [4.78, 5) is 23.8. The van der Waals surface area contributed by atoms with E-state index in [9.17, 15) is 14.7 Å². The molecule has 0 unspecified atom stereocenters. The molecule has 0 spiro atoms. The number of anilines is 1. The third-order valence-corrected chi connectivity index (χ3v) is 4.94. The molecule has 1 heterocycles. The molecule has 0 aliphatic carbocycles. The van der Waals surface area contributed by atoms with E-state index >= 15 is 0 Å². The van der Waals surface area contributed by atoms with Crippen LogP contribution >= 0.6 is 27.3 Å². The van der Waals surface area contributed by atoms with Crippen molar-refractivity contribution >= 4 is 45.0 Å². The second-order valence-electron chi connectivity index (χ2n) is 5.02. The Kier molecular flexibility index (Phi) is 5.35. The largest absolute Gasteiger partial charge is 0.477 e. The van der Waals surface area contributed by atoms with E-state index in [1.165, 1.54) is 6.08 Å². The number of nitrogens with one attached hydrogen (secondary N) is 1. The van der Waals surface area contributed by atoms with E-state index in [4.69, 9.17) is 4.74 Å². The van der Waals surface area contributed by atoms with Crippen molar-refractivity contribution in [2.45, 2.75) is 26.2 Å². The number of carbonyl (C=O) groups is 2. The van der Waals surface area contributed by atoms with Crippen LogP contribution in [0.2, 0.25) is 0 Å². The van der Waals surface area contributed by atoms with Crippen molar-refractivity contribution in [3.8, 4) is 0 Å². The Balaban J connectivity index is 3.17. The summed E-state index contributed by atoms with van der Waals surface area (Å²) in [6.07, 6.45) is 0.715. The van der Waals surface area contributed by atoms with Crippen molar-refractivity contribution < 1.29 is 19.4 Å². The van der Waals surface area contributed by atoms with Crippen LogP contribution in [0.1, 0.15) is 35.3 Å². The lowest BCUT2D eigenvalue weighted by Crippen LogP contribution is -2.15. The zero-order valence-corrected chi connectivity index (χ0v) is 13.9. The molecule has 0 atom stereocenters. The van der Waals surface area contributed by atoms with Crippen molar-refractivity contribution in [3.05, 3.63) is 26.9 Å². The lowest BCUT2D eigenvalue weighted by atomic mass is 9.94. The maximum Gasteiger partial charge on any atom is 0.412 e. The first-order chi connectivity index (χ1) is 9.18. The van der Waals surface area contributed by atoms with Gasteiger partial charge in [0.25, 0.3) is 0 Å². The van der Waals surface area contributed by atoms with E-state index in [0.29, 0.717) is 4.47 Å². The van der Waals surface area contributed by atoms with Gasteiger partial charge in [0.05, 0.1) is 10.2 Å². The highest BCUT2D eigenvalue weighted by atomic mass is 79.9. The average Bonchev–Trinajstić information content (AvgIpc) is 2.64. The summed E-state index contributed by atoms with van der Waals surface area (Å²) in [7, 11) is 0. The zero-order valence-electron chi connectivity index (χ0n) is 11.4. The van der Waals surface area contributed by atoms with Gasteiger partial charge in [-0.15, -0.1) is 11.3 Å². The van der Waals surface area contributed by atoms with Crippen molar-refractivity contribution in [1.82, 2.24) is 0 Å². The fraction of sp³-hybridized carbons (Fsp3) is 0.385. The van der Waals surface area contributed by atoms with Crippen LogP contribution in [0.5, 0.6) is 0 Å². The van der Waals surface area contributed by atoms with Crippen molar-refractivity contribution in [3.63, 3.8) is 0 Å². The fourth-order valence-corrected chi connectivity index (χ4v) is 3.74. The molecule has 110 valence electrons. The number of thiophene rings is 1. The van der Waals surface area contributed by atoms with Crippen LogP contribution in [-0.4, -0.2) is 23.8 Å². The first-order valence-corrected chi connectivity index (χ1v) is 7.40. The first kappa shape index (κ1) is 16.7. The smallest absolute Gasteiger partial charge is 0.412 e. The molecule has 0 aliphatic heterocycles. The van der Waals surface area contributed by atoms with Crippen LogP contribution in [-0.2, 0) is 10.2 Å². The van der Waals surface area contributed by atoms with Gasteiger partial charge in [0.2, 0.25) is 0 Å². The lowest BCUT2D eigenvalue weighted by molar-refractivity contribution is 0.0703. The summed E-state index contributed by atoms with van der Waals surface area (Å²) in [6, 6.07) is 0. The minimum Gasteiger partial charge on any atom is -0.477 e. The van der Waals surface area contributed by atoms with Crippen LogP contribution in [0.15, 0.2) is 17.1 Å². The van der Waals surface area contributed by atoms with Crippen molar-refractivity contribution in [1.29, 1.82) is 0 Å². The Bertz CT molecular complexity index is 545. The number of halogens is 1. The Morgan fingerprint density at radius 2 is 2.10 bits per heavy atom. The average molecular weight is 362 g/mol. The van der Waals surface area contributed by atoms with Gasteiger partial charge in [0.15, 0.2) is 0 Å². The molecule has 0 aromatic carbocycles. The van der Waals surface area contributed by atoms with Gasteiger partial charge < -0.3 is 9.84 Å². The number of carbonyl (C=O) groups excluding carboxylic acids is 1. The van der Waals surface area contributed by atoms with Crippen LogP contribution in [0.25, 0.3) is 0 Å². The minimum atomic E-state index is -1.09. The molecule has 1 aromatic heterocycles. The van der Waals surface area contributed by atoms with E-state index in [2.05, 4.69) is 27.8 Å². The second-order valence-corrected chi connectivity index (χ2v) is 6.83. The second kappa shape index (κ2) is 6.41. The molecule has 0 aliphatic rings. The Hall–Kier alpha value is -1.34. The summed E-state index contributed by atoms with van der Waals surface area (Å²) < 4.78 is 5.37. The molecule has 0 saturated carbocycles. The number of carboxylic acid groups (broad SMARTS) is 1. The van der Waals surface area contributed by atoms with Crippen LogP contribution in [0.3, 0.4) is 0 Å². The number of rotatable bonds is 4. The topological polar surface area (TPSA) is 75.6 Å². The van der Waals surface area contributed by atoms with Gasteiger partial charge in [-0.3, -0.25) is 5.32 Å². The molecule has 0 fully saturated rings. The van der Waals surface area contributed by atoms with Crippen LogP contribution in [0, 0.1) is 0 Å². The summed E-state index contributed by atoms with van der Waals surface area (Å²) in [6.45, 7) is 9.39. The standard InChI is InChI=1S/C13H16BrNO4S/c1-5-6-19-12(18)15-8-7(14)10(13(2,3)4)20-9(8)11(16)17/h5H,1,6H2,2-4H3,(H,15,18)(H,16,17).